The van der Waals surface area contributed by atoms with Crippen LogP contribution in [0.3, 0.4) is 0 Å². The maximum absolute atomic E-state index is 11.9. The predicted molar refractivity (Wildman–Crippen MR) is 111 cm³/mol. The van der Waals surface area contributed by atoms with E-state index in [0.29, 0.717) is 17.8 Å². The van der Waals surface area contributed by atoms with Crippen LogP contribution < -0.4 is 0 Å². The van der Waals surface area contributed by atoms with Crippen LogP contribution in [-0.2, 0) is 9.53 Å². The van der Waals surface area contributed by atoms with Gasteiger partial charge in [-0.15, -0.1) is 0 Å². The van der Waals surface area contributed by atoms with E-state index in [4.69, 9.17) is 27.9 Å². The van der Waals surface area contributed by atoms with Crippen molar-refractivity contribution >= 4 is 29.0 Å². The molecule has 3 atom stereocenters. The number of benzene rings is 1. The van der Waals surface area contributed by atoms with E-state index in [9.17, 15) is 4.79 Å². The highest BCUT2D eigenvalue weighted by Crippen LogP contribution is 2.48. The molecule has 1 saturated carbocycles. The van der Waals surface area contributed by atoms with Crippen LogP contribution in [0.25, 0.3) is 0 Å². The summed E-state index contributed by atoms with van der Waals surface area (Å²) in [6.45, 7) is 17.2. The summed E-state index contributed by atoms with van der Waals surface area (Å²) in [6.07, 6.45) is -0.651. The molecule has 0 amide bonds. The molecule has 0 radical (unpaired) electrons. The lowest BCUT2D eigenvalue weighted by atomic mass is 9.79. The van der Waals surface area contributed by atoms with Crippen molar-refractivity contribution in [3.63, 3.8) is 0 Å². The minimum absolute atomic E-state index is 0.152. The van der Waals surface area contributed by atoms with Crippen molar-refractivity contribution in [2.75, 3.05) is 0 Å². The fraction of sp³-hybridized carbons (Fsp3) is 0.682. The van der Waals surface area contributed by atoms with Gasteiger partial charge in [0.15, 0.2) is 5.78 Å². The summed E-state index contributed by atoms with van der Waals surface area (Å²) in [6, 6.07) is 4.61. The molecule has 1 fully saturated rings. The van der Waals surface area contributed by atoms with Gasteiger partial charge in [-0.1, -0.05) is 83.8 Å². The quantitative estimate of drug-likeness (QED) is 0.487. The van der Waals surface area contributed by atoms with Gasteiger partial charge in [-0.25, -0.2) is 0 Å². The molecule has 2 rings (SSSR count). The fourth-order valence-corrected chi connectivity index (χ4v) is 4.60. The molecule has 0 spiro atoms. The van der Waals surface area contributed by atoms with Gasteiger partial charge in [-0.3, -0.25) is 4.79 Å². The molecule has 1 aliphatic carbocycles. The molecule has 0 saturated heterocycles. The standard InChI is InChI=1S/C22H32Cl2O2/c1-11(2)16-9-17(12(3)4)19(18(10-16)13(5)6)15(8)26-21-14(7)20(25)22(21,23)24/h9-15,21H,1-8H3/t14-,15+,21+/m1/s1. The highest BCUT2D eigenvalue weighted by Gasteiger charge is 2.60. The molecule has 1 aromatic carbocycles. The Kier molecular flexibility index (Phi) is 6.53. The number of hydrogen-bond donors (Lipinski definition) is 0. The third-order valence-corrected chi connectivity index (χ3v) is 6.29. The zero-order valence-electron chi connectivity index (χ0n) is 17.2. The van der Waals surface area contributed by atoms with Crippen LogP contribution in [0, 0.1) is 5.92 Å². The molecule has 0 N–H and O–H groups in total. The van der Waals surface area contributed by atoms with E-state index >= 15 is 0 Å². The average molecular weight is 399 g/mol. The number of hydrogen-bond acceptors (Lipinski definition) is 2. The molecule has 0 aliphatic heterocycles. The molecular formula is C22H32Cl2O2. The second-order valence-corrected chi connectivity index (χ2v) is 9.94. The van der Waals surface area contributed by atoms with Gasteiger partial charge >= 0.3 is 0 Å². The van der Waals surface area contributed by atoms with Gasteiger partial charge in [0.25, 0.3) is 0 Å². The average Bonchev–Trinajstić information content (AvgIpc) is 2.56. The first-order valence-corrected chi connectivity index (χ1v) is 10.4. The van der Waals surface area contributed by atoms with Crippen LogP contribution >= 0.6 is 23.2 Å². The number of alkyl halides is 2. The summed E-state index contributed by atoms with van der Waals surface area (Å²) in [5.74, 6) is 0.806. The Morgan fingerprint density at radius 2 is 1.38 bits per heavy atom. The number of ether oxygens (including phenoxy) is 1. The molecule has 0 unspecified atom stereocenters. The third kappa shape index (κ3) is 3.84. The van der Waals surface area contributed by atoms with Crippen LogP contribution in [0.2, 0.25) is 0 Å². The Morgan fingerprint density at radius 3 is 1.73 bits per heavy atom. The van der Waals surface area contributed by atoms with Crippen LogP contribution in [0.15, 0.2) is 12.1 Å². The summed E-state index contributed by atoms with van der Waals surface area (Å²) in [7, 11) is 0. The van der Waals surface area contributed by atoms with Gasteiger partial charge in [0.1, 0.15) is 6.10 Å². The Balaban J connectivity index is 2.48. The maximum atomic E-state index is 11.9. The number of rotatable bonds is 6. The molecule has 0 bridgehead atoms. The van der Waals surface area contributed by atoms with Crippen molar-refractivity contribution in [2.45, 2.75) is 89.7 Å². The summed E-state index contributed by atoms with van der Waals surface area (Å²) in [4.78, 5) is 11.9. The van der Waals surface area contributed by atoms with E-state index in [0.717, 1.165) is 0 Å². The van der Waals surface area contributed by atoms with Gasteiger partial charge < -0.3 is 4.74 Å². The Labute approximate surface area is 168 Å². The van der Waals surface area contributed by atoms with Crippen molar-refractivity contribution in [1.82, 2.24) is 0 Å². The number of Topliss-reactive ketones (excluding diaryl/α,β-unsaturated/α-hetero) is 1. The van der Waals surface area contributed by atoms with E-state index in [1.165, 1.54) is 22.3 Å². The molecule has 146 valence electrons. The van der Waals surface area contributed by atoms with Crippen LogP contribution in [0.1, 0.15) is 102 Å². The molecule has 0 heterocycles. The highest BCUT2D eigenvalue weighted by atomic mass is 35.5. The number of ketones is 1. The Hall–Kier alpha value is -0.570. The molecule has 4 heteroatoms. The van der Waals surface area contributed by atoms with E-state index < -0.39 is 10.4 Å². The molecule has 0 aromatic heterocycles. The van der Waals surface area contributed by atoms with Gasteiger partial charge in [-0.2, -0.15) is 0 Å². The fourth-order valence-electron chi connectivity index (χ4n) is 3.77. The molecular weight excluding hydrogens is 367 g/mol. The van der Waals surface area contributed by atoms with E-state index in [2.05, 4.69) is 53.7 Å². The van der Waals surface area contributed by atoms with Gasteiger partial charge in [0.2, 0.25) is 4.33 Å². The third-order valence-electron chi connectivity index (χ3n) is 5.49. The zero-order valence-corrected chi connectivity index (χ0v) is 18.7. The first-order chi connectivity index (χ1) is 11.9. The largest absolute Gasteiger partial charge is 0.366 e. The topological polar surface area (TPSA) is 26.3 Å². The number of carbonyl (C=O) groups is 1. The zero-order chi connectivity index (χ0) is 20.0. The predicted octanol–water partition coefficient (Wildman–Crippen LogP) is 6.90. The number of halogens is 2. The smallest absolute Gasteiger partial charge is 0.202 e. The molecule has 1 aliphatic rings. The highest BCUT2D eigenvalue weighted by molar-refractivity contribution is 6.61. The van der Waals surface area contributed by atoms with E-state index in [1.54, 1.807) is 0 Å². The van der Waals surface area contributed by atoms with Gasteiger partial charge in [0.05, 0.1) is 6.10 Å². The lowest BCUT2D eigenvalue weighted by molar-refractivity contribution is -0.151. The SMILES string of the molecule is CC(C)c1cc(C(C)C)c([C@H](C)O[C@H]2[C@H](C)C(=O)C2(Cl)Cl)c(C(C)C)c1. The van der Waals surface area contributed by atoms with Crippen molar-refractivity contribution in [2.24, 2.45) is 5.92 Å². The van der Waals surface area contributed by atoms with E-state index in [-0.39, 0.29) is 17.8 Å². The maximum Gasteiger partial charge on any atom is 0.202 e. The van der Waals surface area contributed by atoms with Gasteiger partial charge in [-0.05, 0) is 46.9 Å². The molecule has 2 nitrogen and oxygen atoms in total. The van der Waals surface area contributed by atoms with Crippen molar-refractivity contribution in [3.05, 3.63) is 34.4 Å². The normalized spacial score (nSPS) is 23.7. The first-order valence-electron chi connectivity index (χ1n) is 9.64. The minimum Gasteiger partial charge on any atom is -0.366 e. The van der Waals surface area contributed by atoms with Gasteiger partial charge in [0, 0.05) is 5.92 Å². The Bertz CT molecular complexity index is 648. The molecule has 1 aromatic rings. The van der Waals surface area contributed by atoms with E-state index in [1.807, 2.05) is 13.8 Å². The van der Waals surface area contributed by atoms with Crippen molar-refractivity contribution in [3.8, 4) is 0 Å². The van der Waals surface area contributed by atoms with Crippen molar-refractivity contribution < 1.29 is 9.53 Å². The second kappa shape index (κ2) is 7.81. The van der Waals surface area contributed by atoms with Crippen LogP contribution in [-0.4, -0.2) is 16.2 Å². The minimum atomic E-state index is -1.43. The van der Waals surface area contributed by atoms with Crippen molar-refractivity contribution in [1.29, 1.82) is 0 Å². The molecule has 26 heavy (non-hydrogen) atoms. The lowest BCUT2D eigenvalue weighted by Gasteiger charge is -2.45. The first kappa shape index (κ1) is 21.7. The second-order valence-electron chi connectivity index (χ2n) is 8.55. The summed E-state index contributed by atoms with van der Waals surface area (Å²) >= 11 is 12.4. The summed E-state index contributed by atoms with van der Waals surface area (Å²) in [5.41, 5.74) is 5.18. The Morgan fingerprint density at radius 1 is 0.923 bits per heavy atom. The number of carbonyl (C=O) groups excluding carboxylic acids is 1. The van der Waals surface area contributed by atoms with Crippen LogP contribution in [0.5, 0.6) is 0 Å². The van der Waals surface area contributed by atoms with Crippen LogP contribution in [0.4, 0.5) is 0 Å². The monoisotopic (exact) mass is 398 g/mol. The summed E-state index contributed by atoms with van der Waals surface area (Å²) in [5, 5.41) is 0. The summed E-state index contributed by atoms with van der Waals surface area (Å²) < 4.78 is 4.84. The lowest BCUT2D eigenvalue weighted by Crippen LogP contribution is -2.60.